The number of rotatable bonds is 5. The number of carbonyl (C=O) groups is 1. The molecule has 0 aliphatic heterocycles. The molecule has 1 heterocycles. The normalized spacial score (nSPS) is 10.8. The number of benzene rings is 2. The lowest BCUT2D eigenvalue weighted by atomic mass is 10.1. The van der Waals surface area contributed by atoms with Crippen LogP contribution in [-0.4, -0.2) is 16.6 Å². The highest BCUT2D eigenvalue weighted by atomic mass is 35.5. The number of anilines is 1. The van der Waals surface area contributed by atoms with Crippen molar-refractivity contribution in [3.63, 3.8) is 0 Å². The Morgan fingerprint density at radius 2 is 1.81 bits per heavy atom. The summed E-state index contributed by atoms with van der Waals surface area (Å²) in [6, 6.07) is 11.7. The molecular formula is C20H19ClN2OS2. The van der Waals surface area contributed by atoms with E-state index in [1.54, 1.807) is 11.3 Å². The Kier molecular flexibility index (Phi) is 6.01. The Morgan fingerprint density at radius 3 is 2.46 bits per heavy atom. The molecule has 0 unspecified atom stereocenters. The zero-order valence-electron chi connectivity index (χ0n) is 14.8. The summed E-state index contributed by atoms with van der Waals surface area (Å²) in [6.45, 7) is 6.09. The predicted molar refractivity (Wildman–Crippen MR) is 113 cm³/mol. The number of carbonyl (C=O) groups excluding carboxylic acids is 1. The molecule has 3 aromatic rings. The molecule has 0 bridgehead atoms. The highest BCUT2D eigenvalue weighted by Crippen LogP contribution is 2.29. The van der Waals surface area contributed by atoms with Crippen LogP contribution in [0.1, 0.15) is 16.7 Å². The van der Waals surface area contributed by atoms with E-state index in [2.05, 4.69) is 29.4 Å². The van der Waals surface area contributed by atoms with Gasteiger partial charge in [0.05, 0.1) is 11.4 Å². The van der Waals surface area contributed by atoms with Crippen molar-refractivity contribution in [3.05, 3.63) is 63.5 Å². The van der Waals surface area contributed by atoms with Crippen LogP contribution in [0.25, 0.3) is 11.3 Å². The van der Waals surface area contributed by atoms with Gasteiger partial charge < -0.3 is 5.32 Å². The Balaban J connectivity index is 1.61. The van der Waals surface area contributed by atoms with E-state index in [0.717, 1.165) is 32.4 Å². The maximum absolute atomic E-state index is 12.3. The monoisotopic (exact) mass is 402 g/mol. The van der Waals surface area contributed by atoms with E-state index in [1.807, 2.05) is 43.5 Å². The molecule has 1 N–H and O–H groups in total. The van der Waals surface area contributed by atoms with Gasteiger partial charge in [0.25, 0.3) is 0 Å². The van der Waals surface area contributed by atoms with Crippen LogP contribution in [0.5, 0.6) is 0 Å². The van der Waals surface area contributed by atoms with Gasteiger partial charge in [0.15, 0.2) is 4.34 Å². The maximum Gasteiger partial charge on any atom is 0.234 e. The molecule has 0 saturated carbocycles. The van der Waals surface area contributed by atoms with Gasteiger partial charge in [0.1, 0.15) is 0 Å². The quantitative estimate of drug-likeness (QED) is 0.522. The van der Waals surface area contributed by atoms with E-state index in [-0.39, 0.29) is 5.91 Å². The standard InChI is InChI=1S/C20H19ClN2OS2/c1-12-8-13(2)19(14(3)9-12)23-18(24)11-26-20-22-17(10-25-20)15-4-6-16(21)7-5-15/h4-10H,11H2,1-3H3,(H,23,24). The Morgan fingerprint density at radius 1 is 1.15 bits per heavy atom. The average Bonchev–Trinajstić information content (AvgIpc) is 3.06. The van der Waals surface area contributed by atoms with Crippen molar-refractivity contribution in [3.8, 4) is 11.3 Å². The van der Waals surface area contributed by atoms with Gasteiger partial charge in [0.2, 0.25) is 5.91 Å². The number of amides is 1. The first-order valence-corrected chi connectivity index (χ1v) is 10.4. The highest BCUT2D eigenvalue weighted by molar-refractivity contribution is 8.01. The van der Waals surface area contributed by atoms with Crippen LogP contribution in [0.3, 0.4) is 0 Å². The minimum absolute atomic E-state index is 0.0201. The van der Waals surface area contributed by atoms with E-state index in [4.69, 9.17) is 11.6 Å². The second-order valence-corrected chi connectivity index (χ2v) is 8.63. The molecule has 134 valence electrons. The van der Waals surface area contributed by atoms with E-state index in [0.29, 0.717) is 10.8 Å². The number of aryl methyl sites for hydroxylation is 3. The average molecular weight is 403 g/mol. The number of nitrogens with one attached hydrogen (secondary N) is 1. The molecule has 6 heteroatoms. The van der Waals surface area contributed by atoms with Crippen molar-refractivity contribution in [1.82, 2.24) is 4.98 Å². The van der Waals surface area contributed by atoms with Crippen LogP contribution in [0.15, 0.2) is 46.1 Å². The fraction of sp³-hybridized carbons (Fsp3) is 0.200. The zero-order chi connectivity index (χ0) is 18.7. The van der Waals surface area contributed by atoms with Gasteiger partial charge in [-0.3, -0.25) is 4.79 Å². The molecule has 3 rings (SSSR count). The fourth-order valence-electron chi connectivity index (χ4n) is 2.76. The summed E-state index contributed by atoms with van der Waals surface area (Å²) >= 11 is 8.91. The lowest BCUT2D eigenvalue weighted by molar-refractivity contribution is -0.113. The van der Waals surface area contributed by atoms with Crippen molar-refractivity contribution in [2.75, 3.05) is 11.1 Å². The smallest absolute Gasteiger partial charge is 0.234 e. The third-order valence-electron chi connectivity index (χ3n) is 3.89. The Hall–Kier alpha value is -1.82. The Labute approximate surface area is 166 Å². The fourth-order valence-corrected chi connectivity index (χ4v) is 4.52. The van der Waals surface area contributed by atoms with E-state index >= 15 is 0 Å². The molecule has 0 saturated heterocycles. The number of thiazole rings is 1. The largest absolute Gasteiger partial charge is 0.325 e. The SMILES string of the molecule is Cc1cc(C)c(NC(=O)CSc2nc(-c3ccc(Cl)cc3)cs2)c(C)c1. The molecule has 0 aliphatic rings. The van der Waals surface area contributed by atoms with Gasteiger partial charge in [-0.2, -0.15) is 0 Å². The van der Waals surface area contributed by atoms with Crippen molar-refractivity contribution in [2.45, 2.75) is 25.1 Å². The summed E-state index contributed by atoms with van der Waals surface area (Å²) in [6.07, 6.45) is 0. The summed E-state index contributed by atoms with van der Waals surface area (Å²) in [5, 5.41) is 5.73. The first kappa shape index (κ1) is 19.0. The van der Waals surface area contributed by atoms with Crippen LogP contribution in [0.2, 0.25) is 5.02 Å². The molecule has 3 nitrogen and oxygen atoms in total. The second kappa shape index (κ2) is 8.25. The summed E-state index contributed by atoms with van der Waals surface area (Å²) in [7, 11) is 0. The maximum atomic E-state index is 12.3. The highest BCUT2D eigenvalue weighted by Gasteiger charge is 2.11. The number of thioether (sulfide) groups is 1. The van der Waals surface area contributed by atoms with Crippen molar-refractivity contribution < 1.29 is 4.79 Å². The molecule has 1 aromatic heterocycles. The zero-order valence-corrected chi connectivity index (χ0v) is 17.2. The molecule has 0 atom stereocenters. The van der Waals surface area contributed by atoms with Gasteiger partial charge in [-0.25, -0.2) is 4.98 Å². The summed E-state index contributed by atoms with van der Waals surface area (Å²) in [5.74, 6) is 0.314. The lowest BCUT2D eigenvalue weighted by Gasteiger charge is -2.12. The van der Waals surface area contributed by atoms with Gasteiger partial charge in [0, 0.05) is 21.7 Å². The van der Waals surface area contributed by atoms with E-state index < -0.39 is 0 Å². The topological polar surface area (TPSA) is 42.0 Å². The third kappa shape index (κ3) is 4.67. The molecule has 0 radical (unpaired) electrons. The number of nitrogens with zero attached hydrogens (tertiary/aromatic N) is 1. The first-order valence-electron chi connectivity index (χ1n) is 8.14. The molecule has 0 aliphatic carbocycles. The minimum Gasteiger partial charge on any atom is -0.325 e. The second-order valence-electron chi connectivity index (χ2n) is 6.12. The molecule has 0 spiro atoms. The van der Waals surface area contributed by atoms with Gasteiger partial charge in [-0.05, 0) is 44.0 Å². The van der Waals surface area contributed by atoms with Crippen LogP contribution >= 0.6 is 34.7 Å². The third-order valence-corrected chi connectivity index (χ3v) is 6.16. The summed E-state index contributed by atoms with van der Waals surface area (Å²) in [4.78, 5) is 16.9. The van der Waals surface area contributed by atoms with Crippen molar-refractivity contribution in [1.29, 1.82) is 0 Å². The molecule has 2 aromatic carbocycles. The molecule has 26 heavy (non-hydrogen) atoms. The molecule has 1 amide bonds. The van der Waals surface area contributed by atoms with Crippen LogP contribution in [0.4, 0.5) is 5.69 Å². The van der Waals surface area contributed by atoms with Crippen LogP contribution in [-0.2, 0) is 4.79 Å². The van der Waals surface area contributed by atoms with Crippen molar-refractivity contribution in [2.24, 2.45) is 0 Å². The minimum atomic E-state index is -0.0201. The first-order chi connectivity index (χ1) is 12.4. The number of halogens is 1. The van der Waals surface area contributed by atoms with Gasteiger partial charge in [-0.15, -0.1) is 11.3 Å². The molecular weight excluding hydrogens is 384 g/mol. The number of aromatic nitrogens is 1. The predicted octanol–water partition coefficient (Wildman–Crippen LogP) is 6.12. The van der Waals surface area contributed by atoms with E-state index in [1.165, 1.54) is 17.3 Å². The lowest BCUT2D eigenvalue weighted by Crippen LogP contribution is -2.15. The van der Waals surface area contributed by atoms with Crippen molar-refractivity contribution >= 4 is 46.3 Å². The Bertz CT molecular complexity index is 912. The number of hydrogen-bond donors (Lipinski definition) is 1. The molecule has 0 fully saturated rings. The van der Waals surface area contributed by atoms with Crippen LogP contribution < -0.4 is 5.32 Å². The van der Waals surface area contributed by atoms with Crippen LogP contribution in [0, 0.1) is 20.8 Å². The van der Waals surface area contributed by atoms with Gasteiger partial charge in [-0.1, -0.05) is 53.2 Å². The number of hydrogen-bond acceptors (Lipinski definition) is 4. The van der Waals surface area contributed by atoms with E-state index in [9.17, 15) is 4.79 Å². The summed E-state index contributed by atoms with van der Waals surface area (Å²) in [5.41, 5.74) is 6.19. The summed E-state index contributed by atoms with van der Waals surface area (Å²) < 4.78 is 0.877. The van der Waals surface area contributed by atoms with Gasteiger partial charge >= 0.3 is 0 Å².